The number of nitrogens with one attached hydrogen (secondary N) is 1. The molecule has 2 rings (SSSR count). The molecule has 0 radical (unpaired) electrons. The minimum Gasteiger partial charge on any atom is -0.480 e. The highest BCUT2D eigenvalue weighted by Gasteiger charge is 2.40. The van der Waals surface area contributed by atoms with Gasteiger partial charge in [-0.2, -0.15) is 5.10 Å². The zero-order valence-corrected chi connectivity index (χ0v) is 12.1. The number of carboxylic acid groups (broad SMARTS) is 1. The summed E-state index contributed by atoms with van der Waals surface area (Å²) in [5, 5.41) is 17.3. The Labute approximate surface area is 122 Å². The van der Waals surface area contributed by atoms with Gasteiger partial charge in [-0.25, -0.2) is 4.79 Å². The number of aromatic nitrogens is 2. The number of nitrogens with zero attached hydrogens (tertiary/aromatic N) is 2. The second kappa shape index (κ2) is 5.64. The van der Waals surface area contributed by atoms with E-state index in [1.54, 1.807) is 23.9 Å². The molecule has 1 atom stereocenters. The molecule has 1 aromatic heterocycles. The number of carbonyl (C=O) groups is 1. The maximum atomic E-state index is 11.8. The van der Waals surface area contributed by atoms with E-state index in [0.29, 0.717) is 10.6 Å². The van der Waals surface area contributed by atoms with Gasteiger partial charge < -0.3 is 5.11 Å². The fourth-order valence-corrected chi connectivity index (χ4v) is 2.28. The molecule has 0 saturated heterocycles. The third kappa shape index (κ3) is 2.42. The lowest BCUT2D eigenvalue weighted by molar-refractivity contribution is -0.146. The number of hydrogen-bond donors (Lipinski definition) is 2. The summed E-state index contributed by atoms with van der Waals surface area (Å²) in [5.74, 6) is -0.961. The maximum Gasteiger partial charge on any atom is 0.330 e. The second-order valence-corrected chi connectivity index (χ2v) is 4.97. The van der Waals surface area contributed by atoms with Crippen LogP contribution in [0.25, 0.3) is 0 Å². The quantitative estimate of drug-likeness (QED) is 0.885. The van der Waals surface area contributed by atoms with E-state index in [0.717, 1.165) is 5.69 Å². The first-order valence-electron chi connectivity index (χ1n) is 6.17. The number of carboxylic acids is 1. The minimum absolute atomic E-state index is 0.154. The Bertz CT molecular complexity index is 612. The van der Waals surface area contributed by atoms with Gasteiger partial charge in [0, 0.05) is 0 Å². The van der Waals surface area contributed by atoms with E-state index in [-0.39, 0.29) is 6.54 Å². The van der Waals surface area contributed by atoms with E-state index in [4.69, 9.17) is 11.6 Å². The number of likely N-dealkylation sites (N-methyl/N-ethyl adjacent to an activating group) is 1. The summed E-state index contributed by atoms with van der Waals surface area (Å²) in [4.78, 5) is 11.8. The molecule has 2 aromatic rings. The Balaban J connectivity index is 2.48. The van der Waals surface area contributed by atoms with Crippen molar-refractivity contribution in [1.29, 1.82) is 0 Å². The molecule has 6 heteroatoms. The van der Waals surface area contributed by atoms with Gasteiger partial charge in [-0.05, 0) is 19.5 Å². The van der Waals surface area contributed by atoms with Gasteiger partial charge in [-0.1, -0.05) is 41.9 Å². The summed E-state index contributed by atoms with van der Waals surface area (Å²) in [6.45, 7) is 1.96. The van der Waals surface area contributed by atoms with Gasteiger partial charge in [0.1, 0.15) is 0 Å². The van der Waals surface area contributed by atoms with Crippen molar-refractivity contribution < 1.29 is 9.90 Å². The van der Waals surface area contributed by atoms with Gasteiger partial charge >= 0.3 is 5.97 Å². The Morgan fingerprint density at radius 1 is 1.45 bits per heavy atom. The topological polar surface area (TPSA) is 67.2 Å². The first kappa shape index (κ1) is 14.6. The van der Waals surface area contributed by atoms with Crippen LogP contribution < -0.4 is 5.32 Å². The standard InChI is InChI=1S/C14H16ClN3O2/c1-10-12(15)8-17-18(10)9-14(16-2,13(19)20)11-6-4-3-5-7-11/h3-8,16H,9H2,1-2H3,(H,19,20). The largest absolute Gasteiger partial charge is 0.480 e. The van der Waals surface area contributed by atoms with Crippen molar-refractivity contribution in [2.24, 2.45) is 0 Å². The van der Waals surface area contributed by atoms with Crippen LogP contribution in [0.5, 0.6) is 0 Å². The van der Waals surface area contributed by atoms with Crippen molar-refractivity contribution in [2.45, 2.75) is 19.0 Å². The van der Waals surface area contributed by atoms with Crippen molar-refractivity contribution in [1.82, 2.24) is 15.1 Å². The Morgan fingerprint density at radius 2 is 2.10 bits per heavy atom. The van der Waals surface area contributed by atoms with Gasteiger partial charge in [-0.3, -0.25) is 10.00 Å². The molecule has 20 heavy (non-hydrogen) atoms. The Morgan fingerprint density at radius 3 is 2.55 bits per heavy atom. The van der Waals surface area contributed by atoms with Gasteiger partial charge in [0.25, 0.3) is 0 Å². The van der Waals surface area contributed by atoms with E-state index in [1.807, 2.05) is 25.1 Å². The molecule has 0 saturated carbocycles. The zero-order chi connectivity index (χ0) is 14.8. The molecule has 0 spiro atoms. The van der Waals surface area contributed by atoms with Crippen molar-refractivity contribution in [3.63, 3.8) is 0 Å². The third-order valence-corrected chi connectivity index (χ3v) is 3.86. The predicted molar refractivity (Wildman–Crippen MR) is 76.8 cm³/mol. The SMILES string of the molecule is CNC(Cn1ncc(Cl)c1C)(C(=O)O)c1ccccc1. The summed E-state index contributed by atoms with van der Waals surface area (Å²) >= 11 is 5.98. The van der Waals surface area contributed by atoms with Crippen LogP contribution in [0.15, 0.2) is 36.5 Å². The van der Waals surface area contributed by atoms with Gasteiger partial charge in [0.05, 0.1) is 23.5 Å². The van der Waals surface area contributed by atoms with Crippen molar-refractivity contribution in [3.8, 4) is 0 Å². The average molecular weight is 294 g/mol. The number of halogens is 1. The highest BCUT2D eigenvalue weighted by Crippen LogP contribution is 2.25. The summed E-state index contributed by atoms with van der Waals surface area (Å²) in [6.07, 6.45) is 1.52. The monoisotopic (exact) mass is 293 g/mol. The van der Waals surface area contributed by atoms with E-state index >= 15 is 0 Å². The lowest BCUT2D eigenvalue weighted by Crippen LogP contribution is -2.51. The number of benzene rings is 1. The lowest BCUT2D eigenvalue weighted by atomic mass is 9.90. The van der Waals surface area contributed by atoms with E-state index < -0.39 is 11.5 Å². The average Bonchev–Trinajstić information content (AvgIpc) is 2.77. The molecule has 0 aliphatic carbocycles. The molecule has 1 aromatic carbocycles. The smallest absolute Gasteiger partial charge is 0.330 e. The molecule has 106 valence electrons. The number of aliphatic carboxylic acids is 1. The molecule has 0 aliphatic heterocycles. The summed E-state index contributed by atoms with van der Waals surface area (Å²) in [5.41, 5.74) is 0.158. The van der Waals surface area contributed by atoms with Gasteiger partial charge in [-0.15, -0.1) is 0 Å². The molecule has 0 bridgehead atoms. The number of hydrogen-bond acceptors (Lipinski definition) is 3. The van der Waals surface area contributed by atoms with E-state index in [2.05, 4.69) is 10.4 Å². The molecule has 1 unspecified atom stereocenters. The van der Waals surface area contributed by atoms with Crippen LogP contribution >= 0.6 is 11.6 Å². The second-order valence-electron chi connectivity index (χ2n) is 4.56. The molecule has 0 fully saturated rings. The van der Waals surface area contributed by atoms with Crippen molar-refractivity contribution in [3.05, 3.63) is 52.8 Å². The van der Waals surface area contributed by atoms with Gasteiger partial charge in [0.15, 0.2) is 5.54 Å². The normalized spacial score (nSPS) is 13.9. The fourth-order valence-electron chi connectivity index (χ4n) is 2.14. The molecular weight excluding hydrogens is 278 g/mol. The lowest BCUT2D eigenvalue weighted by Gasteiger charge is -2.30. The maximum absolute atomic E-state index is 11.8. The zero-order valence-electron chi connectivity index (χ0n) is 11.3. The van der Waals surface area contributed by atoms with E-state index in [1.165, 1.54) is 6.20 Å². The summed E-state index contributed by atoms with van der Waals surface area (Å²) < 4.78 is 1.60. The molecule has 0 aliphatic rings. The fraction of sp³-hybridized carbons (Fsp3) is 0.286. The molecule has 2 N–H and O–H groups in total. The highest BCUT2D eigenvalue weighted by atomic mass is 35.5. The first-order chi connectivity index (χ1) is 9.51. The molecule has 5 nitrogen and oxygen atoms in total. The Kier molecular flexibility index (Phi) is 4.11. The summed E-state index contributed by atoms with van der Waals surface area (Å²) in [6, 6.07) is 9.04. The van der Waals surface area contributed by atoms with E-state index in [9.17, 15) is 9.90 Å². The Hall–Kier alpha value is -1.85. The number of rotatable bonds is 5. The molecule has 0 amide bonds. The van der Waals surface area contributed by atoms with Crippen LogP contribution in [0.2, 0.25) is 5.02 Å². The minimum atomic E-state index is -1.25. The molecule has 1 heterocycles. The third-order valence-electron chi connectivity index (χ3n) is 3.49. The van der Waals surface area contributed by atoms with Crippen LogP contribution in [-0.4, -0.2) is 27.9 Å². The van der Waals surface area contributed by atoms with Crippen molar-refractivity contribution in [2.75, 3.05) is 7.05 Å². The summed E-state index contributed by atoms with van der Waals surface area (Å²) in [7, 11) is 1.63. The first-order valence-corrected chi connectivity index (χ1v) is 6.55. The predicted octanol–water partition coefficient (Wildman–Crippen LogP) is 2.04. The van der Waals surface area contributed by atoms with Crippen LogP contribution in [0.4, 0.5) is 0 Å². The van der Waals surface area contributed by atoms with Crippen LogP contribution in [-0.2, 0) is 16.9 Å². The van der Waals surface area contributed by atoms with Gasteiger partial charge in [0.2, 0.25) is 0 Å². The van der Waals surface area contributed by atoms with Crippen LogP contribution in [0.1, 0.15) is 11.3 Å². The molecular formula is C14H16ClN3O2. The van der Waals surface area contributed by atoms with Crippen LogP contribution in [0, 0.1) is 6.92 Å². The van der Waals surface area contributed by atoms with Crippen molar-refractivity contribution >= 4 is 17.6 Å². The highest BCUT2D eigenvalue weighted by molar-refractivity contribution is 6.31. The van der Waals surface area contributed by atoms with Crippen LogP contribution in [0.3, 0.4) is 0 Å².